The molecule has 1 aliphatic heterocycles. The number of aryl methyl sites for hydroxylation is 1. The Morgan fingerprint density at radius 2 is 2.53 bits per heavy atom. The maximum atomic E-state index is 11.7. The first-order chi connectivity index (χ1) is 8.24. The van der Waals surface area contributed by atoms with Gasteiger partial charge in [-0.05, 0) is 38.4 Å². The summed E-state index contributed by atoms with van der Waals surface area (Å²) in [4.78, 5) is 11.7. The van der Waals surface area contributed by atoms with Crippen LogP contribution < -0.4 is 10.6 Å². The number of nitrogens with one attached hydrogen (secondary N) is 2. The van der Waals surface area contributed by atoms with Crippen molar-refractivity contribution in [2.24, 2.45) is 0 Å². The fraction of sp³-hybridized carbons (Fsp3) is 0.615. The molecule has 0 bridgehead atoms. The van der Waals surface area contributed by atoms with Gasteiger partial charge in [0, 0.05) is 24.9 Å². The molecule has 1 fully saturated rings. The summed E-state index contributed by atoms with van der Waals surface area (Å²) >= 11 is 0. The van der Waals surface area contributed by atoms with Gasteiger partial charge in [0.15, 0.2) is 0 Å². The molecule has 0 aliphatic carbocycles. The first-order valence-electron chi connectivity index (χ1n) is 6.29. The third kappa shape index (κ3) is 3.89. The van der Waals surface area contributed by atoms with E-state index in [-0.39, 0.29) is 5.91 Å². The smallest absolute Gasteiger partial charge is 0.220 e. The van der Waals surface area contributed by atoms with Gasteiger partial charge in [0.25, 0.3) is 0 Å². The first kappa shape index (κ1) is 12.2. The van der Waals surface area contributed by atoms with Gasteiger partial charge in [-0.15, -0.1) is 0 Å². The van der Waals surface area contributed by atoms with Crippen LogP contribution in [0.15, 0.2) is 22.8 Å². The second kappa shape index (κ2) is 5.87. The van der Waals surface area contributed by atoms with Crippen LogP contribution in [0.25, 0.3) is 0 Å². The van der Waals surface area contributed by atoms with Crippen LogP contribution in [0.3, 0.4) is 0 Å². The van der Waals surface area contributed by atoms with Crippen LogP contribution >= 0.6 is 0 Å². The number of amides is 1. The Bertz CT molecular complexity index is 348. The highest BCUT2D eigenvalue weighted by Crippen LogP contribution is 2.09. The van der Waals surface area contributed by atoms with Crippen molar-refractivity contribution in [1.29, 1.82) is 0 Å². The van der Waals surface area contributed by atoms with Crippen molar-refractivity contribution in [3.63, 3.8) is 0 Å². The highest BCUT2D eigenvalue weighted by atomic mass is 16.3. The quantitative estimate of drug-likeness (QED) is 0.832. The molecule has 17 heavy (non-hydrogen) atoms. The highest BCUT2D eigenvalue weighted by molar-refractivity contribution is 5.76. The summed E-state index contributed by atoms with van der Waals surface area (Å²) in [5.41, 5.74) is 0. The van der Waals surface area contributed by atoms with Gasteiger partial charge in [-0.1, -0.05) is 0 Å². The van der Waals surface area contributed by atoms with Crippen molar-refractivity contribution < 1.29 is 9.21 Å². The van der Waals surface area contributed by atoms with E-state index in [0.717, 1.165) is 25.1 Å². The normalized spacial score (nSPS) is 24.5. The third-order valence-corrected chi connectivity index (χ3v) is 3.17. The summed E-state index contributed by atoms with van der Waals surface area (Å²) in [5.74, 6) is 0.999. The highest BCUT2D eigenvalue weighted by Gasteiger charge is 2.19. The van der Waals surface area contributed by atoms with Crippen LogP contribution in [-0.2, 0) is 11.2 Å². The Kier molecular flexibility index (Phi) is 4.20. The van der Waals surface area contributed by atoms with Crippen LogP contribution in [-0.4, -0.2) is 24.5 Å². The van der Waals surface area contributed by atoms with E-state index in [9.17, 15) is 4.79 Å². The Morgan fingerprint density at radius 1 is 1.65 bits per heavy atom. The van der Waals surface area contributed by atoms with Crippen LogP contribution in [0.5, 0.6) is 0 Å². The molecular formula is C13H20N2O2. The van der Waals surface area contributed by atoms with Crippen LogP contribution in [0.4, 0.5) is 0 Å². The maximum Gasteiger partial charge on any atom is 0.220 e. The van der Waals surface area contributed by atoms with Crippen LogP contribution in [0, 0.1) is 0 Å². The van der Waals surface area contributed by atoms with E-state index in [0.29, 0.717) is 24.9 Å². The van der Waals surface area contributed by atoms with Crippen molar-refractivity contribution in [3.05, 3.63) is 24.2 Å². The predicted molar refractivity (Wildman–Crippen MR) is 65.7 cm³/mol. The minimum Gasteiger partial charge on any atom is -0.469 e. The van der Waals surface area contributed by atoms with E-state index in [4.69, 9.17) is 4.42 Å². The van der Waals surface area contributed by atoms with Gasteiger partial charge in [0.2, 0.25) is 5.91 Å². The number of carbonyl (C=O) groups is 1. The fourth-order valence-electron chi connectivity index (χ4n) is 2.25. The molecule has 1 aromatic heterocycles. The average molecular weight is 236 g/mol. The summed E-state index contributed by atoms with van der Waals surface area (Å²) in [6.07, 6.45) is 4.87. The van der Waals surface area contributed by atoms with Gasteiger partial charge < -0.3 is 15.1 Å². The van der Waals surface area contributed by atoms with E-state index in [2.05, 4.69) is 17.6 Å². The van der Waals surface area contributed by atoms with Crippen molar-refractivity contribution in [2.75, 3.05) is 6.54 Å². The van der Waals surface area contributed by atoms with E-state index in [1.807, 2.05) is 12.1 Å². The molecule has 2 rings (SSSR count). The standard InChI is InChI=1S/C13H20N2O2/c1-10-9-11(6-7-14-10)15-13(16)5-4-12-3-2-8-17-12/h2-3,8,10-11,14H,4-7,9H2,1H3,(H,15,16). The number of rotatable bonds is 4. The van der Waals surface area contributed by atoms with E-state index < -0.39 is 0 Å². The van der Waals surface area contributed by atoms with Gasteiger partial charge in [-0.25, -0.2) is 0 Å². The topological polar surface area (TPSA) is 54.3 Å². The molecule has 0 spiro atoms. The first-order valence-corrected chi connectivity index (χ1v) is 6.29. The van der Waals surface area contributed by atoms with E-state index in [1.54, 1.807) is 6.26 Å². The van der Waals surface area contributed by atoms with Crippen molar-refractivity contribution in [3.8, 4) is 0 Å². The Morgan fingerprint density at radius 3 is 3.24 bits per heavy atom. The lowest BCUT2D eigenvalue weighted by atomic mass is 10.0. The van der Waals surface area contributed by atoms with Crippen molar-refractivity contribution in [2.45, 2.75) is 44.7 Å². The SMILES string of the molecule is CC1CC(NC(=O)CCc2ccco2)CCN1. The number of hydrogen-bond donors (Lipinski definition) is 2. The lowest BCUT2D eigenvalue weighted by Gasteiger charge is -2.28. The fourth-order valence-corrected chi connectivity index (χ4v) is 2.25. The molecule has 0 aromatic carbocycles. The molecule has 0 saturated carbocycles. The monoisotopic (exact) mass is 236 g/mol. The molecule has 1 saturated heterocycles. The summed E-state index contributed by atoms with van der Waals surface area (Å²) < 4.78 is 5.20. The Balaban J connectivity index is 1.70. The summed E-state index contributed by atoms with van der Waals surface area (Å²) in [6, 6.07) is 4.58. The van der Waals surface area contributed by atoms with Gasteiger partial charge >= 0.3 is 0 Å². The molecule has 1 aromatic rings. The average Bonchev–Trinajstić information content (AvgIpc) is 2.79. The molecule has 1 aliphatic rings. The molecular weight excluding hydrogens is 216 g/mol. The van der Waals surface area contributed by atoms with E-state index >= 15 is 0 Å². The largest absolute Gasteiger partial charge is 0.469 e. The molecule has 2 atom stereocenters. The number of carbonyl (C=O) groups excluding carboxylic acids is 1. The third-order valence-electron chi connectivity index (χ3n) is 3.17. The molecule has 2 N–H and O–H groups in total. The molecule has 94 valence electrons. The van der Waals surface area contributed by atoms with Crippen LogP contribution in [0.1, 0.15) is 31.9 Å². The van der Waals surface area contributed by atoms with Gasteiger partial charge in [-0.2, -0.15) is 0 Å². The summed E-state index contributed by atoms with van der Waals surface area (Å²) in [5, 5.41) is 6.46. The summed E-state index contributed by atoms with van der Waals surface area (Å²) in [6.45, 7) is 3.14. The zero-order chi connectivity index (χ0) is 12.1. The number of furan rings is 1. The second-order valence-electron chi connectivity index (χ2n) is 4.72. The van der Waals surface area contributed by atoms with E-state index in [1.165, 1.54) is 0 Å². The summed E-state index contributed by atoms with van der Waals surface area (Å²) in [7, 11) is 0. The lowest BCUT2D eigenvalue weighted by molar-refractivity contribution is -0.122. The minimum absolute atomic E-state index is 0.125. The Hall–Kier alpha value is -1.29. The molecule has 1 amide bonds. The second-order valence-corrected chi connectivity index (χ2v) is 4.72. The Labute approximate surface area is 102 Å². The molecule has 0 radical (unpaired) electrons. The number of piperidine rings is 1. The van der Waals surface area contributed by atoms with Gasteiger partial charge in [-0.3, -0.25) is 4.79 Å². The van der Waals surface area contributed by atoms with Gasteiger partial charge in [0.1, 0.15) is 5.76 Å². The minimum atomic E-state index is 0.125. The lowest BCUT2D eigenvalue weighted by Crippen LogP contribution is -2.46. The molecule has 4 nitrogen and oxygen atoms in total. The van der Waals surface area contributed by atoms with Gasteiger partial charge in [0.05, 0.1) is 6.26 Å². The van der Waals surface area contributed by atoms with Crippen LogP contribution in [0.2, 0.25) is 0 Å². The maximum absolute atomic E-state index is 11.7. The zero-order valence-electron chi connectivity index (χ0n) is 10.2. The van der Waals surface area contributed by atoms with Crippen molar-refractivity contribution >= 4 is 5.91 Å². The molecule has 2 heterocycles. The molecule has 2 unspecified atom stereocenters. The molecule has 4 heteroatoms. The number of hydrogen-bond acceptors (Lipinski definition) is 3. The predicted octanol–water partition coefficient (Wildman–Crippen LogP) is 1.47. The zero-order valence-corrected chi connectivity index (χ0v) is 10.2. The van der Waals surface area contributed by atoms with Crippen molar-refractivity contribution in [1.82, 2.24) is 10.6 Å².